The number of fused-ring (bicyclic) bond motifs is 1. The van der Waals surface area contributed by atoms with Crippen molar-refractivity contribution < 1.29 is 13.4 Å². The van der Waals surface area contributed by atoms with Crippen molar-refractivity contribution in [3.05, 3.63) is 18.2 Å². The molecule has 0 radical (unpaired) electrons. The Morgan fingerprint density at radius 2 is 2.35 bits per heavy atom. The molecule has 0 spiro atoms. The number of nitrogens with zero attached hydrogens (tertiary/aromatic N) is 1. The van der Waals surface area contributed by atoms with E-state index in [9.17, 15) is 4.21 Å². The maximum Gasteiger partial charge on any atom is 0.288 e. The van der Waals surface area contributed by atoms with E-state index in [1.165, 1.54) is 0 Å². The van der Waals surface area contributed by atoms with Crippen molar-refractivity contribution in [2.45, 2.75) is 12.1 Å². The number of oxazole rings is 1. The molecule has 0 aliphatic rings. The molecule has 1 aromatic carbocycles. The number of aromatic nitrogens is 1. The molecule has 92 valence electrons. The van der Waals surface area contributed by atoms with Gasteiger partial charge < -0.3 is 14.9 Å². The number of benzene rings is 1. The second-order valence-electron chi connectivity index (χ2n) is 3.45. The molecule has 2 rings (SSSR count). The lowest BCUT2D eigenvalue weighted by atomic mass is 10.3. The lowest BCUT2D eigenvalue weighted by Crippen LogP contribution is -2.06. The Kier molecular flexibility index (Phi) is 3.75. The van der Waals surface area contributed by atoms with Crippen LogP contribution in [0.15, 0.2) is 27.8 Å². The van der Waals surface area contributed by atoms with Crippen molar-refractivity contribution in [3.63, 3.8) is 0 Å². The van der Waals surface area contributed by atoms with Crippen molar-refractivity contribution >= 4 is 27.6 Å². The van der Waals surface area contributed by atoms with Crippen molar-refractivity contribution in [2.24, 2.45) is 0 Å². The van der Waals surface area contributed by atoms with Crippen LogP contribution in [0.4, 0.5) is 5.69 Å². The minimum Gasteiger partial charge on any atom is -0.430 e. The van der Waals surface area contributed by atoms with Crippen LogP contribution >= 0.6 is 0 Å². The standard InChI is InChI=1S/C11H14N2O3S/c1-2-15-5-6-17(14)11-13-9-4-3-8(12)7-10(9)16-11/h3-4,7H,2,5-6,12H2,1H3. The van der Waals surface area contributed by atoms with Gasteiger partial charge in [-0.25, -0.2) is 9.19 Å². The largest absolute Gasteiger partial charge is 0.430 e. The summed E-state index contributed by atoms with van der Waals surface area (Å²) in [5, 5.41) is 0.227. The Hall–Kier alpha value is -1.40. The Balaban J connectivity index is 2.15. The Bertz CT molecular complexity index is 538. The fourth-order valence-electron chi connectivity index (χ4n) is 1.38. The van der Waals surface area contributed by atoms with Gasteiger partial charge in [-0.1, -0.05) is 0 Å². The summed E-state index contributed by atoms with van der Waals surface area (Å²) in [4.78, 5) is 4.15. The smallest absolute Gasteiger partial charge is 0.288 e. The van der Waals surface area contributed by atoms with Crippen molar-refractivity contribution in [2.75, 3.05) is 24.7 Å². The van der Waals surface area contributed by atoms with Crippen LogP contribution in [-0.2, 0) is 15.5 Å². The van der Waals surface area contributed by atoms with Crippen LogP contribution in [0.1, 0.15) is 6.92 Å². The van der Waals surface area contributed by atoms with Gasteiger partial charge in [-0.15, -0.1) is 0 Å². The molecular weight excluding hydrogens is 240 g/mol. The van der Waals surface area contributed by atoms with E-state index in [4.69, 9.17) is 14.9 Å². The van der Waals surface area contributed by atoms with E-state index in [-0.39, 0.29) is 5.22 Å². The predicted octanol–water partition coefficient (Wildman–Crippen LogP) is 1.55. The van der Waals surface area contributed by atoms with Gasteiger partial charge in [0, 0.05) is 18.4 Å². The van der Waals surface area contributed by atoms with E-state index in [1.807, 2.05) is 6.92 Å². The van der Waals surface area contributed by atoms with Crippen molar-refractivity contribution in [1.29, 1.82) is 0 Å². The number of hydrogen-bond acceptors (Lipinski definition) is 5. The van der Waals surface area contributed by atoms with E-state index in [2.05, 4.69) is 4.98 Å². The zero-order valence-corrected chi connectivity index (χ0v) is 10.3. The number of rotatable bonds is 5. The molecule has 2 N–H and O–H groups in total. The summed E-state index contributed by atoms with van der Waals surface area (Å²) in [6.45, 7) is 2.94. The molecule has 0 fully saturated rings. The molecule has 0 saturated carbocycles. The molecule has 0 aliphatic heterocycles. The van der Waals surface area contributed by atoms with Crippen LogP contribution in [0, 0.1) is 0 Å². The maximum atomic E-state index is 11.8. The zero-order valence-electron chi connectivity index (χ0n) is 9.51. The van der Waals surface area contributed by atoms with E-state index >= 15 is 0 Å². The first kappa shape index (κ1) is 12.1. The Morgan fingerprint density at radius 3 is 3.12 bits per heavy atom. The summed E-state index contributed by atoms with van der Waals surface area (Å²) >= 11 is 0. The first-order chi connectivity index (χ1) is 8.20. The Morgan fingerprint density at radius 1 is 1.53 bits per heavy atom. The third kappa shape index (κ3) is 2.83. The van der Waals surface area contributed by atoms with Crippen LogP contribution in [-0.4, -0.2) is 28.2 Å². The van der Waals surface area contributed by atoms with E-state index in [0.29, 0.717) is 35.8 Å². The number of nitrogen functional groups attached to an aromatic ring is 1. The molecule has 0 aliphatic carbocycles. The summed E-state index contributed by atoms with van der Waals surface area (Å²) in [5.74, 6) is 0.385. The second-order valence-corrected chi connectivity index (χ2v) is 4.90. The van der Waals surface area contributed by atoms with Crippen molar-refractivity contribution in [3.8, 4) is 0 Å². The van der Waals surface area contributed by atoms with Crippen LogP contribution in [0.5, 0.6) is 0 Å². The Labute approximate surface area is 101 Å². The third-order valence-electron chi connectivity index (χ3n) is 2.20. The topological polar surface area (TPSA) is 78.3 Å². The summed E-state index contributed by atoms with van der Waals surface area (Å²) in [6.07, 6.45) is 0. The number of anilines is 1. The highest BCUT2D eigenvalue weighted by molar-refractivity contribution is 7.84. The van der Waals surface area contributed by atoms with Gasteiger partial charge >= 0.3 is 0 Å². The highest BCUT2D eigenvalue weighted by atomic mass is 32.2. The third-order valence-corrected chi connectivity index (χ3v) is 3.31. The van der Waals surface area contributed by atoms with Crippen LogP contribution in [0.25, 0.3) is 11.1 Å². The minimum atomic E-state index is -1.27. The number of hydrogen-bond donors (Lipinski definition) is 1. The summed E-state index contributed by atoms with van der Waals surface area (Å²) in [5.41, 5.74) is 7.45. The zero-order chi connectivity index (χ0) is 12.3. The molecule has 1 heterocycles. The quantitative estimate of drug-likeness (QED) is 0.647. The lowest BCUT2D eigenvalue weighted by Gasteiger charge is -1.97. The van der Waals surface area contributed by atoms with Crippen molar-refractivity contribution in [1.82, 2.24) is 4.98 Å². The SMILES string of the molecule is CCOCCS(=O)c1nc2ccc(N)cc2o1. The normalized spacial score (nSPS) is 13.0. The van der Waals surface area contributed by atoms with Crippen LogP contribution in [0.3, 0.4) is 0 Å². The molecule has 6 heteroatoms. The molecule has 1 unspecified atom stereocenters. The fraction of sp³-hybridized carbons (Fsp3) is 0.364. The van der Waals surface area contributed by atoms with E-state index < -0.39 is 10.8 Å². The van der Waals surface area contributed by atoms with Gasteiger partial charge in [-0.05, 0) is 19.1 Å². The van der Waals surface area contributed by atoms with Gasteiger partial charge in [0.1, 0.15) is 16.3 Å². The van der Waals surface area contributed by atoms with E-state index in [1.54, 1.807) is 18.2 Å². The minimum absolute atomic E-state index is 0.227. The monoisotopic (exact) mass is 254 g/mol. The number of ether oxygens (including phenoxy) is 1. The average Bonchev–Trinajstić information content (AvgIpc) is 2.72. The maximum absolute atomic E-state index is 11.8. The molecular formula is C11H14N2O3S. The highest BCUT2D eigenvalue weighted by Crippen LogP contribution is 2.20. The molecule has 0 saturated heterocycles. The molecule has 5 nitrogen and oxygen atoms in total. The molecule has 1 aromatic heterocycles. The molecule has 17 heavy (non-hydrogen) atoms. The molecule has 2 aromatic rings. The van der Waals surface area contributed by atoms with Crippen LogP contribution in [0.2, 0.25) is 0 Å². The summed E-state index contributed by atoms with van der Waals surface area (Å²) in [7, 11) is -1.27. The van der Waals surface area contributed by atoms with Crippen LogP contribution < -0.4 is 5.73 Å². The van der Waals surface area contributed by atoms with Gasteiger partial charge in [-0.3, -0.25) is 0 Å². The number of nitrogens with two attached hydrogens (primary N) is 1. The first-order valence-electron chi connectivity index (χ1n) is 5.33. The molecule has 0 amide bonds. The predicted molar refractivity (Wildman–Crippen MR) is 66.2 cm³/mol. The van der Waals surface area contributed by atoms with E-state index in [0.717, 1.165) is 0 Å². The average molecular weight is 254 g/mol. The summed E-state index contributed by atoms with van der Waals surface area (Å²) in [6, 6.07) is 5.15. The lowest BCUT2D eigenvalue weighted by molar-refractivity contribution is 0.164. The van der Waals surface area contributed by atoms with Gasteiger partial charge in [0.15, 0.2) is 5.58 Å². The first-order valence-corrected chi connectivity index (χ1v) is 6.65. The molecule has 0 bridgehead atoms. The van der Waals surface area contributed by atoms with Gasteiger partial charge in [0.2, 0.25) is 0 Å². The van der Waals surface area contributed by atoms with Gasteiger partial charge in [-0.2, -0.15) is 0 Å². The highest BCUT2D eigenvalue weighted by Gasteiger charge is 2.12. The fourth-order valence-corrected chi connectivity index (χ4v) is 2.21. The van der Waals surface area contributed by atoms with Gasteiger partial charge in [0.05, 0.1) is 12.4 Å². The molecule has 1 atom stereocenters. The second kappa shape index (κ2) is 5.29. The van der Waals surface area contributed by atoms with Gasteiger partial charge in [0.25, 0.3) is 5.22 Å². The summed E-state index contributed by atoms with van der Waals surface area (Å²) < 4.78 is 22.3.